The number of hydrogen-bond acceptors (Lipinski definition) is 31. The van der Waals surface area contributed by atoms with Crippen LogP contribution in [0.25, 0.3) is 0 Å². The van der Waals surface area contributed by atoms with Gasteiger partial charge in [-0.25, -0.2) is 86.0 Å². The van der Waals surface area contributed by atoms with Gasteiger partial charge in [0.05, 0.1) is 68.1 Å². The van der Waals surface area contributed by atoms with Gasteiger partial charge in [-0.15, -0.1) is 0 Å². The van der Waals surface area contributed by atoms with Crippen LogP contribution in [0.1, 0.15) is 36.6 Å². The zero-order valence-corrected chi connectivity index (χ0v) is 75.9. The van der Waals surface area contributed by atoms with Crippen LogP contribution in [0.4, 0.5) is 69.0 Å². The molecule has 2 aliphatic heterocycles. The summed E-state index contributed by atoms with van der Waals surface area (Å²) >= 11 is 9.29. The van der Waals surface area contributed by atoms with Crippen LogP contribution in [-0.2, 0) is 54.4 Å². The maximum atomic E-state index is 12.9. The molecule has 2 fully saturated rings. The van der Waals surface area contributed by atoms with Crippen LogP contribution in [0.3, 0.4) is 0 Å². The van der Waals surface area contributed by atoms with Crippen molar-refractivity contribution in [2.24, 2.45) is 4.99 Å². The molecule has 45 heteroatoms. The first-order valence-corrected chi connectivity index (χ1v) is 45.5. The van der Waals surface area contributed by atoms with E-state index in [4.69, 9.17) is 36.3 Å². The molecule has 5 amide bonds. The third kappa shape index (κ3) is 30.6. The number of aryl methyl sites for hydroxylation is 4. The van der Waals surface area contributed by atoms with Gasteiger partial charge in [0, 0.05) is 123 Å². The fourth-order valence-corrected chi connectivity index (χ4v) is 19.7. The number of carbonyl (C=O) groups excluding carboxylic acids is 4. The lowest BCUT2D eigenvalue weighted by Crippen LogP contribution is -2.39. The lowest BCUT2D eigenvalue weighted by atomic mass is 10.2. The summed E-state index contributed by atoms with van der Waals surface area (Å²) in [5.74, 6) is 1.50. The lowest BCUT2D eigenvalue weighted by Gasteiger charge is -2.29. The molecule has 0 saturated carbocycles. The molecule has 6 heterocycles. The van der Waals surface area contributed by atoms with Crippen LogP contribution in [0.5, 0.6) is 11.5 Å². The first-order chi connectivity index (χ1) is 55.1. The SMILES string of the molecule is CCOc1ccc(N=C=O)cc1.CCOc1ccc(NC(=O)N(CCN(C)C)c2nc(C)c(S(=O)(=O)NC)s2)cc1.CNS(=O)(=O)c1sc(NCCN(C)C)nc1C.Cc1nc(N(C)C(=O)Cl)sc1S(=O)(=O)N(C)C.Cc1nc(N(C)C(=O)Nc2ccc(N3CCOCC3)cc2)sc1S(=O)(=O)N(C)C.Nc1ccc(N2CCOCC2)cc1. The topological polar surface area (TPSA) is 421 Å². The molecule has 0 atom stereocenters. The highest BCUT2D eigenvalue weighted by Crippen LogP contribution is 2.35. The van der Waals surface area contributed by atoms with Crippen molar-refractivity contribution in [1.82, 2.24) is 47.8 Å². The minimum absolute atomic E-state index is 0.0960. The van der Waals surface area contributed by atoms with Crippen LogP contribution >= 0.6 is 56.9 Å². The van der Waals surface area contributed by atoms with Gasteiger partial charge < -0.3 is 60.2 Å². The average Bonchev–Trinajstić information content (AvgIpc) is 1.67. The van der Waals surface area contributed by atoms with Gasteiger partial charge in [-0.05, 0) is 192 Å². The van der Waals surface area contributed by atoms with Crippen LogP contribution in [0, 0.1) is 27.7 Å². The Morgan fingerprint density at radius 1 is 0.521 bits per heavy atom. The third-order valence-corrected chi connectivity index (χ3v) is 30.0. The molecule has 0 unspecified atom stereocenters. The maximum Gasteiger partial charge on any atom is 0.328 e. The highest BCUT2D eigenvalue weighted by atomic mass is 35.5. The number of rotatable bonds is 27. The Hall–Kier alpha value is -8.64. The first kappa shape index (κ1) is 98.9. The molecular weight excluding hydrogens is 1690 g/mol. The second kappa shape index (κ2) is 47.2. The molecule has 10 rings (SSSR count). The van der Waals surface area contributed by atoms with Crippen molar-refractivity contribution in [3.63, 3.8) is 0 Å². The van der Waals surface area contributed by atoms with E-state index in [0.29, 0.717) is 100 Å². The van der Waals surface area contributed by atoms with Crippen molar-refractivity contribution in [1.29, 1.82) is 0 Å². The van der Waals surface area contributed by atoms with Gasteiger partial charge in [-0.1, -0.05) is 45.3 Å². The second-order valence-electron chi connectivity index (χ2n) is 25.8. The number of morpholine rings is 2. The Balaban J connectivity index is 0.000000259. The number of nitrogens with zero attached hydrogens (tertiary/aromatic N) is 14. The number of sulfonamides is 4. The van der Waals surface area contributed by atoms with E-state index in [2.05, 4.69) is 72.3 Å². The number of hydrogen-bond donors (Lipinski definition) is 6. The number of aromatic nitrogens is 4. The number of anilines is 9. The molecule has 8 aromatic rings. The number of isocyanates is 1. The van der Waals surface area contributed by atoms with Crippen LogP contribution in [-0.4, -0.2) is 272 Å². The standard InChI is InChI=1S/C18H25N5O4S2.C18H27N5O4S2.C10H14N2O.C9H18N4O2S2.C9H9NO2.C8H12ClN3O3S2/c1-13-16(29(25,26)21(2)3)28-18(19-13)22(4)17(24)20-14-5-7-15(8-6-14)23-9-11-27-12-10-23;1-6-27-15-9-7-14(8-10-15)21-17(24)23(12-11-22(4)5)18-20-13(2)16(28-18)29(25,26)19-3;11-9-1-3-10(4-2-9)12-5-7-13-8-6-12;1-7-8(17(14,15)10-2)16-9(12-7)11-5-6-13(3)4;1-2-12-9-5-3-8(4-6-9)10-7-11;1-5-6(17(14,15)11(2)3)16-8(10-5)12(4)7(9)13/h5-8H,9-12H2,1-4H3,(H,20,24);7-10,19H,6,11-12H2,1-5H3,(H,21,24);1-4H,5-8,11H2;10H,5-6H2,1-4H3,(H,11,12);3-6H,2H2,1H3;1-4H3. The zero-order valence-electron chi connectivity index (χ0n) is 68.7. The largest absolute Gasteiger partial charge is 0.494 e. The van der Waals surface area contributed by atoms with E-state index in [-0.39, 0.29) is 22.0 Å². The second-order valence-corrected chi connectivity index (χ2v) is 38.9. The summed E-state index contributed by atoms with van der Waals surface area (Å²) in [7, 11) is 5.09. The zero-order chi connectivity index (χ0) is 87.1. The number of halogens is 1. The van der Waals surface area contributed by atoms with Crippen molar-refractivity contribution in [2.75, 3.05) is 223 Å². The van der Waals surface area contributed by atoms with Gasteiger partial charge in [-0.2, -0.15) is 4.99 Å². The van der Waals surface area contributed by atoms with Gasteiger partial charge in [-0.3, -0.25) is 19.5 Å². The number of nitrogen functional groups attached to an aromatic ring is 1. The Bertz CT molecular complexity index is 5000. The van der Waals surface area contributed by atoms with Crippen LogP contribution in [0.15, 0.2) is 119 Å². The molecule has 0 radical (unpaired) electrons. The highest BCUT2D eigenvalue weighted by Gasteiger charge is 2.30. The lowest BCUT2D eigenvalue weighted by molar-refractivity contribution is 0.122. The fraction of sp³-hybridized carbons (Fsp3) is 0.444. The number of amides is 5. The molecule has 117 heavy (non-hydrogen) atoms. The van der Waals surface area contributed by atoms with Crippen molar-refractivity contribution >= 4 is 175 Å². The Morgan fingerprint density at radius 3 is 1.32 bits per heavy atom. The summed E-state index contributed by atoms with van der Waals surface area (Å²) < 4.78 is 125. The number of aliphatic imine (C=N–C) groups is 1. The van der Waals surface area contributed by atoms with Crippen molar-refractivity contribution in [2.45, 2.75) is 58.4 Å². The molecule has 36 nitrogen and oxygen atoms in total. The van der Waals surface area contributed by atoms with E-state index >= 15 is 0 Å². The number of likely N-dealkylation sites (N-methyl/N-ethyl adjacent to an activating group) is 2. The van der Waals surface area contributed by atoms with E-state index in [9.17, 15) is 52.8 Å². The normalized spacial score (nSPS) is 12.8. The Labute approximate surface area is 707 Å². The summed E-state index contributed by atoms with van der Waals surface area (Å²) in [6.07, 6.45) is 1.47. The number of ether oxygens (including phenoxy) is 4. The maximum absolute atomic E-state index is 12.9. The number of nitrogens with two attached hydrogens (primary N) is 1. The average molecular weight is 1800 g/mol. The van der Waals surface area contributed by atoms with Crippen LogP contribution < -0.4 is 65.1 Å². The number of urea groups is 2. The third-order valence-electron chi connectivity index (χ3n) is 16.2. The molecular formula is C72H105ClN20O16S8. The molecule has 2 saturated heterocycles. The number of carbonyl (C=O) groups is 3. The van der Waals surface area contributed by atoms with Gasteiger partial charge in [0.25, 0.3) is 40.1 Å². The number of benzene rings is 4. The summed E-state index contributed by atoms with van der Waals surface area (Å²) in [4.78, 5) is 78.9. The van der Waals surface area contributed by atoms with Crippen LogP contribution in [0.2, 0.25) is 0 Å². The summed E-state index contributed by atoms with van der Waals surface area (Å²) in [5, 5.41) is 9.55. The van der Waals surface area contributed by atoms with E-state index in [1.165, 1.54) is 70.9 Å². The predicted octanol–water partition coefficient (Wildman–Crippen LogP) is 9.55. The molecule has 4 aromatic heterocycles. The Morgan fingerprint density at radius 2 is 0.906 bits per heavy atom. The highest BCUT2D eigenvalue weighted by molar-refractivity contribution is 7.92. The molecule has 0 bridgehead atoms. The molecule has 644 valence electrons. The monoisotopic (exact) mass is 1800 g/mol. The van der Waals surface area contributed by atoms with Crippen molar-refractivity contribution < 1.29 is 71.8 Å². The molecule has 2 aliphatic rings. The van der Waals surface area contributed by atoms with E-state index < -0.39 is 57.5 Å². The Kier molecular flexibility index (Phi) is 39.9. The van der Waals surface area contributed by atoms with E-state index in [0.717, 1.165) is 128 Å². The summed E-state index contributed by atoms with van der Waals surface area (Å²) in [6, 6.07) is 28.8. The molecule has 4 aromatic carbocycles. The van der Waals surface area contributed by atoms with Crippen molar-refractivity contribution in [3.05, 3.63) is 120 Å². The van der Waals surface area contributed by atoms with Crippen molar-refractivity contribution in [3.8, 4) is 11.5 Å². The predicted molar refractivity (Wildman–Crippen MR) is 467 cm³/mol. The number of thiazole rings is 4. The number of nitrogens with one attached hydrogen (secondary N) is 5. The van der Waals surface area contributed by atoms with E-state index in [1.54, 1.807) is 83.3 Å². The smallest absolute Gasteiger partial charge is 0.328 e. The molecule has 0 spiro atoms. The quantitative estimate of drug-likeness (QED) is 0.00916. The van der Waals surface area contributed by atoms with E-state index in [1.807, 2.05) is 88.2 Å². The van der Waals surface area contributed by atoms with Gasteiger partial charge in [0.2, 0.25) is 6.08 Å². The first-order valence-electron chi connectivity index (χ1n) is 36.0. The summed E-state index contributed by atoms with van der Waals surface area (Å²) in [6.45, 7) is 20.7. The molecule has 0 aliphatic carbocycles. The van der Waals surface area contributed by atoms with Gasteiger partial charge in [0.1, 0.15) is 11.5 Å². The summed E-state index contributed by atoms with van der Waals surface area (Å²) in [5.41, 5.74) is 12.2. The fourth-order valence-electron chi connectivity index (χ4n) is 9.71. The van der Waals surface area contributed by atoms with Gasteiger partial charge >= 0.3 is 17.4 Å². The minimum Gasteiger partial charge on any atom is -0.494 e. The van der Waals surface area contributed by atoms with Gasteiger partial charge in [0.15, 0.2) is 37.4 Å². The molecule has 7 N–H and O–H groups in total. The minimum atomic E-state index is -3.64.